The molecule has 0 fully saturated rings. The van der Waals surface area contributed by atoms with Crippen LogP contribution in [-0.4, -0.2) is 18.2 Å². The number of hydrogen-bond acceptors (Lipinski definition) is 4. The average Bonchev–Trinajstić information content (AvgIpc) is 2.45. The molecule has 5 heteroatoms. The first-order valence-electron chi connectivity index (χ1n) is 5.94. The Morgan fingerprint density at radius 2 is 1.95 bits per heavy atom. The van der Waals surface area contributed by atoms with E-state index in [0.717, 1.165) is 27.7 Å². The van der Waals surface area contributed by atoms with E-state index in [2.05, 4.69) is 4.98 Å². The highest BCUT2D eigenvalue weighted by molar-refractivity contribution is 7.98. The van der Waals surface area contributed by atoms with E-state index >= 15 is 0 Å². The minimum atomic E-state index is 0.528. The summed E-state index contributed by atoms with van der Waals surface area (Å²) in [7, 11) is 0. The van der Waals surface area contributed by atoms with E-state index in [1.807, 2.05) is 30.3 Å². The fourth-order valence-corrected chi connectivity index (χ4v) is 2.88. The van der Waals surface area contributed by atoms with E-state index in [9.17, 15) is 0 Å². The van der Waals surface area contributed by atoms with Gasteiger partial charge in [-0.2, -0.15) is 0 Å². The van der Waals surface area contributed by atoms with Crippen molar-refractivity contribution in [3.05, 3.63) is 47.2 Å². The van der Waals surface area contributed by atoms with Crippen LogP contribution in [0, 0.1) is 0 Å². The first-order valence-corrected chi connectivity index (χ1v) is 7.30. The molecule has 1 aromatic heterocycles. The van der Waals surface area contributed by atoms with Gasteiger partial charge in [0.2, 0.25) is 0 Å². The van der Waals surface area contributed by atoms with E-state index in [1.54, 1.807) is 18.0 Å². The molecule has 0 aliphatic carbocycles. The van der Waals surface area contributed by atoms with E-state index in [-0.39, 0.29) is 0 Å². The number of fused-ring (bicyclic) bond motifs is 1. The maximum atomic E-state index is 5.86. The van der Waals surface area contributed by atoms with Crippen LogP contribution in [0.25, 0.3) is 0 Å². The number of ether oxygens (including phenoxy) is 2. The lowest BCUT2D eigenvalue weighted by Gasteiger charge is -2.18. The van der Waals surface area contributed by atoms with Crippen molar-refractivity contribution in [2.24, 2.45) is 0 Å². The van der Waals surface area contributed by atoms with Crippen molar-refractivity contribution in [3.63, 3.8) is 0 Å². The third-order valence-electron chi connectivity index (χ3n) is 2.71. The van der Waals surface area contributed by atoms with Crippen LogP contribution < -0.4 is 9.47 Å². The summed E-state index contributed by atoms with van der Waals surface area (Å²) in [5.74, 6) is 2.49. The molecule has 0 radical (unpaired) electrons. The van der Waals surface area contributed by atoms with Crippen molar-refractivity contribution in [1.29, 1.82) is 0 Å². The summed E-state index contributed by atoms with van der Waals surface area (Å²) >= 11 is 7.60. The molecule has 3 rings (SSSR count). The van der Waals surface area contributed by atoms with E-state index in [1.165, 1.54) is 0 Å². The smallest absolute Gasteiger partial charge is 0.162 e. The van der Waals surface area contributed by atoms with Crippen LogP contribution in [0.5, 0.6) is 11.5 Å². The fraction of sp³-hybridized carbons (Fsp3) is 0.214. The maximum absolute atomic E-state index is 5.86. The minimum absolute atomic E-state index is 0.528. The number of halogens is 1. The normalized spacial score (nSPS) is 13.3. The van der Waals surface area contributed by atoms with Gasteiger partial charge >= 0.3 is 0 Å². The Hall–Kier alpha value is -1.39. The van der Waals surface area contributed by atoms with Gasteiger partial charge in [0.25, 0.3) is 0 Å². The minimum Gasteiger partial charge on any atom is -0.486 e. The summed E-state index contributed by atoms with van der Waals surface area (Å²) in [6, 6.07) is 9.86. The second kappa shape index (κ2) is 5.72. The number of rotatable bonds is 3. The Morgan fingerprint density at radius 3 is 2.79 bits per heavy atom. The molecule has 0 N–H and O–H groups in total. The van der Waals surface area contributed by atoms with Gasteiger partial charge in [0.1, 0.15) is 18.4 Å². The lowest BCUT2D eigenvalue weighted by atomic mass is 10.3. The van der Waals surface area contributed by atoms with Gasteiger partial charge in [-0.1, -0.05) is 11.6 Å². The molecule has 1 aliphatic heterocycles. The Kier molecular flexibility index (Phi) is 3.80. The molecular formula is C14H12ClNO2S. The van der Waals surface area contributed by atoms with Crippen LogP contribution in [0.15, 0.2) is 41.4 Å². The number of aromatic nitrogens is 1. The van der Waals surface area contributed by atoms with Crippen LogP contribution in [0.1, 0.15) is 5.56 Å². The fourth-order valence-electron chi connectivity index (χ4n) is 1.81. The summed E-state index contributed by atoms with van der Waals surface area (Å²) in [6.45, 7) is 1.23. The van der Waals surface area contributed by atoms with Crippen LogP contribution in [0.2, 0.25) is 5.15 Å². The summed E-state index contributed by atoms with van der Waals surface area (Å²) in [5, 5.41) is 0.528. The first kappa shape index (κ1) is 12.6. The average molecular weight is 294 g/mol. The summed E-state index contributed by atoms with van der Waals surface area (Å²) in [4.78, 5) is 5.12. The van der Waals surface area contributed by atoms with Crippen molar-refractivity contribution >= 4 is 23.4 Å². The molecule has 0 unspecified atom stereocenters. The summed E-state index contributed by atoms with van der Waals surface area (Å²) in [6.07, 6.45) is 1.72. The zero-order valence-electron chi connectivity index (χ0n) is 10.1. The van der Waals surface area contributed by atoms with Gasteiger partial charge < -0.3 is 9.47 Å². The molecule has 0 atom stereocenters. The highest BCUT2D eigenvalue weighted by Crippen LogP contribution is 2.35. The third kappa shape index (κ3) is 3.14. The molecule has 0 bridgehead atoms. The van der Waals surface area contributed by atoms with Crippen molar-refractivity contribution in [3.8, 4) is 11.5 Å². The van der Waals surface area contributed by atoms with Crippen molar-refractivity contribution in [2.75, 3.05) is 13.2 Å². The molecule has 2 aromatic rings. The maximum Gasteiger partial charge on any atom is 0.162 e. The molecular weight excluding hydrogens is 282 g/mol. The Balaban J connectivity index is 1.70. The molecule has 2 heterocycles. The number of hydrogen-bond donors (Lipinski definition) is 0. The van der Waals surface area contributed by atoms with Gasteiger partial charge in [0.05, 0.1) is 0 Å². The van der Waals surface area contributed by atoms with Crippen LogP contribution in [-0.2, 0) is 5.75 Å². The lowest BCUT2D eigenvalue weighted by molar-refractivity contribution is 0.171. The van der Waals surface area contributed by atoms with E-state index < -0.39 is 0 Å². The Bertz CT molecular complexity index is 591. The number of benzene rings is 1. The second-order valence-electron chi connectivity index (χ2n) is 4.08. The van der Waals surface area contributed by atoms with Crippen LogP contribution in [0.3, 0.4) is 0 Å². The topological polar surface area (TPSA) is 31.4 Å². The van der Waals surface area contributed by atoms with Crippen molar-refractivity contribution < 1.29 is 9.47 Å². The molecule has 0 saturated heterocycles. The van der Waals surface area contributed by atoms with Crippen molar-refractivity contribution in [1.82, 2.24) is 4.98 Å². The van der Waals surface area contributed by atoms with Gasteiger partial charge in [-0.15, -0.1) is 11.8 Å². The quantitative estimate of drug-likeness (QED) is 0.636. The van der Waals surface area contributed by atoms with Gasteiger partial charge in [-0.25, -0.2) is 4.98 Å². The Morgan fingerprint density at radius 1 is 1.11 bits per heavy atom. The Labute approximate surface area is 120 Å². The van der Waals surface area contributed by atoms with Crippen LogP contribution in [0.4, 0.5) is 0 Å². The highest BCUT2D eigenvalue weighted by Gasteiger charge is 2.11. The number of thioether (sulfide) groups is 1. The molecule has 1 aliphatic rings. The number of pyridine rings is 1. The van der Waals surface area contributed by atoms with Gasteiger partial charge in [0, 0.05) is 16.8 Å². The van der Waals surface area contributed by atoms with Crippen LogP contribution >= 0.6 is 23.4 Å². The highest BCUT2D eigenvalue weighted by atomic mass is 35.5. The SMILES string of the molecule is Clc1cc(CSc2ccc3c(c2)OCCO3)ccn1. The zero-order valence-corrected chi connectivity index (χ0v) is 11.7. The standard InChI is InChI=1S/C14H12ClNO2S/c15-14-7-10(3-4-16-14)9-19-11-1-2-12-13(8-11)18-6-5-17-12/h1-4,7-8H,5-6,9H2. The predicted octanol–water partition coefficient (Wildman–Crippen LogP) is 3.80. The number of nitrogens with zero attached hydrogens (tertiary/aromatic N) is 1. The van der Waals surface area contributed by atoms with Gasteiger partial charge in [-0.05, 0) is 35.9 Å². The zero-order chi connectivity index (χ0) is 13.1. The lowest BCUT2D eigenvalue weighted by Crippen LogP contribution is -2.15. The predicted molar refractivity (Wildman–Crippen MR) is 76.2 cm³/mol. The monoisotopic (exact) mass is 293 g/mol. The van der Waals surface area contributed by atoms with E-state index in [4.69, 9.17) is 21.1 Å². The molecule has 1 aromatic carbocycles. The molecule has 0 spiro atoms. The molecule has 0 saturated carbocycles. The largest absolute Gasteiger partial charge is 0.486 e. The molecule has 19 heavy (non-hydrogen) atoms. The van der Waals surface area contributed by atoms with E-state index in [0.29, 0.717) is 18.4 Å². The first-order chi connectivity index (χ1) is 9.31. The second-order valence-corrected chi connectivity index (χ2v) is 5.52. The van der Waals surface area contributed by atoms with Gasteiger partial charge in [-0.3, -0.25) is 0 Å². The third-order valence-corrected chi connectivity index (χ3v) is 3.98. The molecule has 3 nitrogen and oxygen atoms in total. The van der Waals surface area contributed by atoms with Gasteiger partial charge in [0.15, 0.2) is 11.5 Å². The summed E-state index contributed by atoms with van der Waals surface area (Å²) < 4.78 is 11.1. The molecule has 0 amide bonds. The molecule has 98 valence electrons. The summed E-state index contributed by atoms with van der Waals surface area (Å²) in [5.41, 5.74) is 1.15. The van der Waals surface area contributed by atoms with Crippen molar-refractivity contribution in [2.45, 2.75) is 10.6 Å².